The number of carbonyl (C=O) groups excluding carboxylic acids is 1. The summed E-state index contributed by atoms with van der Waals surface area (Å²) in [5.41, 5.74) is 1.60. The third-order valence-corrected chi connectivity index (χ3v) is 4.65. The number of H-pyrrole nitrogens is 1. The van der Waals surface area contributed by atoms with Crippen molar-refractivity contribution < 1.29 is 4.79 Å². The minimum Gasteiger partial charge on any atom is -0.356 e. The lowest BCUT2D eigenvalue weighted by atomic mass is 10.1. The van der Waals surface area contributed by atoms with Gasteiger partial charge >= 0.3 is 0 Å². The number of nitrogens with zero attached hydrogens (tertiary/aromatic N) is 2. The molecule has 1 aliphatic heterocycles. The van der Waals surface area contributed by atoms with Crippen LogP contribution < -0.4 is 5.32 Å². The van der Waals surface area contributed by atoms with Gasteiger partial charge in [-0.05, 0) is 18.7 Å². The first kappa shape index (κ1) is 17.0. The predicted molar refractivity (Wildman–Crippen MR) is 96.4 cm³/mol. The summed E-state index contributed by atoms with van der Waals surface area (Å²) in [4.78, 5) is 20.1. The third-order valence-electron chi connectivity index (χ3n) is 4.44. The first-order chi connectivity index (χ1) is 11.6. The van der Waals surface area contributed by atoms with E-state index in [0.29, 0.717) is 10.7 Å². The number of amides is 1. The van der Waals surface area contributed by atoms with E-state index in [4.69, 9.17) is 11.6 Å². The average molecular weight is 347 g/mol. The summed E-state index contributed by atoms with van der Waals surface area (Å²) in [6.45, 7) is 4.95. The van der Waals surface area contributed by atoms with E-state index in [1.54, 1.807) is 12.3 Å². The number of hydrogen-bond acceptors (Lipinski definition) is 3. The number of likely N-dealkylation sites (N-methyl/N-ethyl adjacent to an activating group) is 1. The Morgan fingerprint density at radius 1 is 1.25 bits per heavy atom. The Labute approximate surface area is 147 Å². The Balaban J connectivity index is 1.71. The van der Waals surface area contributed by atoms with Crippen molar-refractivity contribution in [3.63, 3.8) is 0 Å². The number of aromatic amines is 1. The van der Waals surface area contributed by atoms with Crippen LogP contribution in [0.5, 0.6) is 0 Å². The molecule has 24 heavy (non-hydrogen) atoms. The van der Waals surface area contributed by atoms with Crippen LogP contribution in [0.3, 0.4) is 0 Å². The van der Waals surface area contributed by atoms with Crippen LogP contribution in [0.2, 0.25) is 5.02 Å². The van der Waals surface area contributed by atoms with Gasteiger partial charge in [-0.3, -0.25) is 9.69 Å². The molecule has 2 heterocycles. The number of rotatable bonds is 5. The normalized spacial score (nSPS) is 17.6. The molecule has 2 aromatic rings. The van der Waals surface area contributed by atoms with E-state index in [1.165, 1.54) is 0 Å². The number of nitrogens with one attached hydrogen (secondary N) is 2. The first-order valence-corrected chi connectivity index (χ1v) is 8.60. The minimum atomic E-state index is -0.134. The van der Waals surface area contributed by atoms with Gasteiger partial charge in [-0.15, -0.1) is 0 Å². The van der Waals surface area contributed by atoms with E-state index < -0.39 is 0 Å². The van der Waals surface area contributed by atoms with Crippen LogP contribution in [0.25, 0.3) is 0 Å². The maximum atomic E-state index is 12.5. The molecule has 0 saturated carbocycles. The largest absolute Gasteiger partial charge is 0.356 e. The molecule has 0 radical (unpaired) electrons. The Bertz CT molecular complexity index is 665. The van der Waals surface area contributed by atoms with Crippen molar-refractivity contribution in [3.05, 3.63) is 58.9 Å². The van der Waals surface area contributed by atoms with Crippen LogP contribution >= 0.6 is 11.6 Å². The molecule has 3 rings (SSSR count). The molecule has 2 N–H and O–H groups in total. The van der Waals surface area contributed by atoms with Crippen LogP contribution in [0, 0.1) is 0 Å². The van der Waals surface area contributed by atoms with E-state index >= 15 is 0 Å². The standard InChI is InChI=1S/C18H23ClN4O/c1-22-7-9-23(10-8-22)13-17(14-5-3-2-4-6-14)21-18(24)16-11-15(19)12-20-16/h2-6,11-12,17,20H,7-10,13H2,1H3,(H,21,24)/t17-/m0/s1. The molecule has 6 heteroatoms. The predicted octanol–water partition coefficient (Wildman–Crippen LogP) is 2.39. The lowest BCUT2D eigenvalue weighted by Crippen LogP contribution is -2.47. The Morgan fingerprint density at radius 2 is 1.96 bits per heavy atom. The van der Waals surface area contributed by atoms with Gasteiger partial charge in [0.1, 0.15) is 5.69 Å². The highest BCUT2D eigenvalue weighted by atomic mass is 35.5. The molecule has 1 aliphatic rings. The SMILES string of the molecule is CN1CCN(C[C@H](NC(=O)c2cc(Cl)c[nH]2)c2ccccc2)CC1. The van der Waals surface area contributed by atoms with Gasteiger partial charge in [-0.2, -0.15) is 0 Å². The van der Waals surface area contributed by atoms with Crippen molar-refractivity contribution in [3.8, 4) is 0 Å². The smallest absolute Gasteiger partial charge is 0.268 e. The average Bonchev–Trinajstić information content (AvgIpc) is 3.03. The zero-order chi connectivity index (χ0) is 16.9. The number of aromatic nitrogens is 1. The molecule has 1 aromatic heterocycles. The topological polar surface area (TPSA) is 51.4 Å². The monoisotopic (exact) mass is 346 g/mol. The van der Waals surface area contributed by atoms with Gasteiger partial charge in [0.15, 0.2) is 0 Å². The fourth-order valence-corrected chi connectivity index (χ4v) is 3.11. The third kappa shape index (κ3) is 4.38. The van der Waals surface area contributed by atoms with Crippen molar-refractivity contribution in [1.82, 2.24) is 20.1 Å². The molecule has 1 saturated heterocycles. The van der Waals surface area contributed by atoms with Crippen molar-refractivity contribution in [2.24, 2.45) is 0 Å². The zero-order valence-corrected chi connectivity index (χ0v) is 14.6. The first-order valence-electron chi connectivity index (χ1n) is 8.22. The number of benzene rings is 1. The number of piperazine rings is 1. The van der Waals surface area contributed by atoms with Crippen LogP contribution in [0.4, 0.5) is 0 Å². The van der Waals surface area contributed by atoms with Crippen LogP contribution in [-0.2, 0) is 0 Å². The molecule has 0 unspecified atom stereocenters. The van der Waals surface area contributed by atoms with Crippen molar-refractivity contribution in [2.75, 3.05) is 39.8 Å². The Kier molecular flexibility index (Phi) is 5.56. The lowest BCUT2D eigenvalue weighted by Gasteiger charge is -2.35. The number of hydrogen-bond donors (Lipinski definition) is 2. The van der Waals surface area contributed by atoms with Crippen molar-refractivity contribution >= 4 is 17.5 Å². The van der Waals surface area contributed by atoms with Crippen LogP contribution in [0.1, 0.15) is 22.1 Å². The maximum absolute atomic E-state index is 12.5. The minimum absolute atomic E-state index is 0.0517. The lowest BCUT2D eigenvalue weighted by molar-refractivity contribution is 0.0903. The van der Waals surface area contributed by atoms with Crippen LogP contribution in [-0.4, -0.2) is 60.5 Å². The molecule has 0 bridgehead atoms. The molecule has 1 aromatic carbocycles. The molecular weight excluding hydrogens is 324 g/mol. The van der Waals surface area contributed by atoms with Gasteiger partial charge in [0.2, 0.25) is 0 Å². The zero-order valence-electron chi connectivity index (χ0n) is 13.8. The molecule has 1 atom stereocenters. The quantitative estimate of drug-likeness (QED) is 0.874. The van der Waals surface area contributed by atoms with Gasteiger partial charge in [-0.1, -0.05) is 41.9 Å². The molecule has 128 valence electrons. The summed E-state index contributed by atoms with van der Waals surface area (Å²) in [5, 5.41) is 3.67. The fraction of sp³-hybridized carbons (Fsp3) is 0.389. The molecular formula is C18H23ClN4O. The van der Waals surface area contributed by atoms with Crippen LogP contribution in [0.15, 0.2) is 42.6 Å². The molecule has 1 amide bonds. The van der Waals surface area contributed by atoms with E-state index in [0.717, 1.165) is 38.3 Å². The van der Waals surface area contributed by atoms with E-state index in [9.17, 15) is 4.79 Å². The van der Waals surface area contributed by atoms with Gasteiger partial charge < -0.3 is 15.2 Å². The second-order valence-electron chi connectivity index (χ2n) is 6.27. The van der Waals surface area contributed by atoms with E-state index in [2.05, 4.69) is 39.3 Å². The fourth-order valence-electron chi connectivity index (χ4n) is 2.94. The molecule has 5 nitrogen and oxygen atoms in total. The Morgan fingerprint density at radius 3 is 2.58 bits per heavy atom. The second kappa shape index (κ2) is 7.83. The molecule has 0 aliphatic carbocycles. The molecule has 1 fully saturated rings. The highest BCUT2D eigenvalue weighted by molar-refractivity contribution is 6.30. The van der Waals surface area contributed by atoms with Gasteiger partial charge in [-0.25, -0.2) is 0 Å². The molecule has 0 spiro atoms. The number of halogens is 1. The van der Waals surface area contributed by atoms with Gasteiger partial charge in [0.25, 0.3) is 5.91 Å². The van der Waals surface area contributed by atoms with E-state index in [-0.39, 0.29) is 11.9 Å². The summed E-state index contributed by atoms with van der Waals surface area (Å²) in [5.74, 6) is -0.134. The van der Waals surface area contributed by atoms with E-state index in [1.807, 2.05) is 18.2 Å². The number of carbonyl (C=O) groups is 1. The maximum Gasteiger partial charge on any atom is 0.268 e. The summed E-state index contributed by atoms with van der Waals surface area (Å²) < 4.78 is 0. The summed E-state index contributed by atoms with van der Waals surface area (Å²) in [6.07, 6.45) is 1.62. The van der Waals surface area contributed by atoms with Crippen molar-refractivity contribution in [1.29, 1.82) is 0 Å². The summed E-state index contributed by atoms with van der Waals surface area (Å²) >= 11 is 5.90. The van der Waals surface area contributed by atoms with Gasteiger partial charge in [0, 0.05) is 38.9 Å². The Hall–Kier alpha value is -1.82. The highest BCUT2D eigenvalue weighted by Gasteiger charge is 2.22. The highest BCUT2D eigenvalue weighted by Crippen LogP contribution is 2.17. The van der Waals surface area contributed by atoms with Crippen molar-refractivity contribution in [2.45, 2.75) is 6.04 Å². The van der Waals surface area contributed by atoms with Gasteiger partial charge in [0.05, 0.1) is 11.1 Å². The summed E-state index contributed by atoms with van der Waals surface area (Å²) in [7, 11) is 2.14. The second-order valence-corrected chi connectivity index (χ2v) is 6.71. The summed E-state index contributed by atoms with van der Waals surface area (Å²) in [6, 6.07) is 11.7.